The number of aromatic nitrogens is 1. The van der Waals surface area contributed by atoms with Crippen molar-refractivity contribution < 1.29 is 4.79 Å². The summed E-state index contributed by atoms with van der Waals surface area (Å²) in [6.45, 7) is 1.91. The Kier molecular flexibility index (Phi) is 4.05. The molecule has 1 aromatic heterocycles. The molecule has 1 amide bonds. The van der Waals surface area contributed by atoms with Gasteiger partial charge in [0.25, 0.3) is 0 Å². The van der Waals surface area contributed by atoms with Crippen LogP contribution in [0.15, 0.2) is 24.4 Å². The average Bonchev–Trinajstić information content (AvgIpc) is 2.24. The molecule has 0 unspecified atom stereocenters. The fourth-order valence-electron chi connectivity index (χ4n) is 1.03. The molecule has 4 nitrogen and oxygen atoms in total. The summed E-state index contributed by atoms with van der Waals surface area (Å²) in [6, 6.07) is 5.56. The zero-order valence-corrected chi connectivity index (χ0v) is 8.40. The highest BCUT2D eigenvalue weighted by Crippen LogP contribution is 2.05. The van der Waals surface area contributed by atoms with E-state index in [0.717, 1.165) is 5.56 Å². The van der Waals surface area contributed by atoms with Crippen LogP contribution in [-0.4, -0.2) is 17.4 Å². The highest BCUT2D eigenvalue weighted by atomic mass is 16.1. The van der Waals surface area contributed by atoms with E-state index in [2.05, 4.69) is 10.3 Å². The van der Waals surface area contributed by atoms with Crippen LogP contribution in [0, 0.1) is 11.3 Å². The highest BCUT2D eigenvalue weighted by molar-refractivity contribution is 5.73. The van der Waals surface area contributed by atoms with Crippen LogP contribution in [-0.2, 0) is 4.79 Å². The quantitative estimate of drug-likeness (QED) is 0.796. The smallest absolute Gasteiger partial charge is 0.217 e. The second-order valence-electron chi connectivity index (χ2n) is 2.89. The summed E-state index contributed by atoms with van der Waals surface area (Å²) in [7, 11) is 0. The molecule has 0 fully saturated rings. The topological polar surface area (TPSA) is 65.8 Å². The van der Waals surface area contributed by atoms with Crippen LogP contribution in [0.2, 0.25) is 0 Å². The van der Waals surface area contributed by atoms with Gasteiger partial charge < -0.3 is 5.32 Å². The summed E-state index contributed by atoms with van der Waals surface area (Å²) < 4.78 is 0. The van der Waals surface area contributed by atoms with Crippen molar-refractivity contribution in [3.8, 4) is 6.07 Å². The molecule has 1 N–H and O–H groups in total. The number of carbonyl (C=O) groups is 1. The minimum Gasteiger partial charge on any atom is -0.353 e. The van der Waals surface area contributed by atoms with Crippen molar-refractivity contribution in [3.05, 3.63) is 35.7 Å². The molecule has 0 aliphatic rings. The van der Waals surface area contributed by atoms with E-state index in [9.17, 15) is 4.79 Å². The summed E-state index contributed by atoms with van der Waals surface area (Å²) in [5.41, 5.74) is 1.14. The van der Waals surface area contributed by atoms with Crippen molar-refractivity contribution in [3.63, 3.8) is 0 Å². The van der Waals surface area contributed by atoms with Crippen molar-refractivity contribution >= 4 is 12.0 Å². The van der Waals surface area contributed by atoms with Gasteiger partial charge in [-0.15, -0.1) is 0 Å². The van der Waals surface area contributed by atoms with Gasteiger partial charge in [0.05, 0.1) is 0 Å². The van der Waals surface area contributed by atoms with E-state index in [0.29, 0.717) is 12.2 Å². The molecule has 0 saturated heterocycles. The molecular weight excluding hydrogens is 190 g/mol. The third-order valence-electron chi connectivity index (χ3n) is 1.71. The number of hydrogen-bond donors (Lipinski definition) is 1. The predicted molar refractivity (Wildman–Crippen MR) is 56.7 cm³/mol. The lowest BCUT2D eigenvalue weighted by Crippen LogP contribution is -2.19. The number of nitrogens with zero attached hydrogens (tertiary/aromatic N) is 2. The Labute approximate surface area is 88.3 Å². The lowest BCUT2D eigenvalue weighted by atomic mass is 10.2. The first kappa shape index (κ1) is 10.9. The second-order valence-corrected chi connectivity index (χ2v) is 2.89. The number of nitriles is 1. The van der Waals surface area contributed by atoms with E-state index in [1.54, 1.807) is 30.5 Å². The van der Waals surface area contributed by atoms with Gasteiger partial charge in [0.1, 0.15) is 11.8 Å². The number of pyridine rings is 1. The predicted octanol–water partition coefficient (Wildman–Crippen LogP) is 1.10. The van der Waals surface area contributed by atoms with Crippen molar-refractivity contribution in [1.82, 2.24) is 10.3 Å². The number of hydrogen-bond acceptors (Lipinski definition) is 3. The van der Waals surface area contributed by atoms with Gasteiger partial charge in [-0.1, -0.05) is 18.2 Å². The summed E-state index contributed by atoms with van der Waals surface area (Å²) in [6.07, 6.45) is 5.12. The van der Waals surface area contributed by atoms with Crippen LogP contribution in [0.25, 0.3) is 6.08 Å². The molecule has 0 aromatic carbocycles. The lowest BCUT2D eigenvalue weighted by molar-refractivity contribution is -0.118. The molecule has 0 aliphatic heterocycles. The first-order chi connectivity index (χ1) is 7.24. The van der Waals surface area contributed by atoms with Gasteiger partial charge in [-0.25, -0.2) is 4.98 Å². The van der Waals surface area contributed by atoms with Crippen molar-refractivity contribution in [2.24, 2.45) is 0 Å². The molecule has 0 aliphatic carbocycles. The minimum atomic E-state index is -0.0775. The third kappa shape index (κ3) is 3.61. The first-order valence-corrected chi connectivity index (χ1v) is 4.50. The molecule has 0 saturated carbocycles. The second kappa shape index (κ2) is 5.55. The van der Waals surface area contributed by atoms with Gasteiger partial charge in [-0.2, -0.15) is 5.26 Å². The Morgan fingerprint density at radius 2 is 2.53 bits per heavy atom. The molecule has 1 aromatic rings. The fraction of sp³-hybridized carbons (Fsp3) is 0.182. The van der Waals surface area contributed by atoms with E-state index in [-0.39, 0.29) is 5.91 Å². The van der Waals surface area contributed by atoms with Crippen molar-refractivity contribution in [2.45, 2.75) is 6.92 Å². The summed E-state index contributed by atoms with van der Waals surface area (Å²) >= 11 is 0. The highest BCUT2D eigenvalue weighted by Gasteiger charge is 1.96. The molecule has 0 radical (unpaired) electrons. The van der Waals surface area contributed by atoms with Gasteiger partial charge in [-0.3, -0.25) is 4.79 Å². The van der Waals surface area contributed by atoms with Crippen LogP contribution in [0.3, 0.4) is 0 Å². The van der Waals surface area contributed by atoms with Crippen LogP contribution in [0.4, 0.5) is 0 Å². The Morgan fingerprint density at radius 3 is 3.20 bits per heavy atom. The first-order valence-electron chi connectivity index (χ1n) is 4.50. The van der Waals surface area contributed by atoms with Crippen LogP contribution in [0.5, 0.6) is 0 Å². The molecular formula is C11H11N3O. The number of carbonyl (C=O) groups excluding carboxylic acids is 1. The Hall–Kier alpha value is -2.15. The van der Waals surface area contributed by atoms with Crippen LogP contribution in [0.1, 0.15) is 18.2 Å². The third-order valence-corrected chi connectivity index (χ3v) is 1.71. The normalized spacial score (nSPS) is 9.87. The standard InChI is InChI=1S/C11H11N3O/c1-9(15)13-6-2-4-10-5-3-7-14-11(10)8-12/h2-5,7H,6H2,1H3,(H,13,15). The van der Waals surface area contributed by atoms with Crippen LogP contribution >= 0.6 is 0 Å². The SMILES string of the molecule is CC(=O)NCC=Cc1cccnc1C#N. The van der Waals surface area contributed by atoms with E-state index >= 15 is 0 Å². The van der Waals surface area contributed by atoms with Gasteiger partial charge in [0, 0.05) is 25.2 Å². The van der Waals surface area contributed by atoms with E-state index in [4.69, 9.17) is 5.26 Å². The number of nitrogens with one attached hydrogen (secondary N) is 1. The number of rotatable bonds is 3. The van der Waals surface area contributed by atoms with Crippen molar-refractivity contribution in [1.29, 1.82) is 5.26 Å². The molecule has 1 rings (SSSR count). The number of amides is 1. The maximum absolute atomic E-state index is 10.6. The monoisotopic (exact) mass is 201 g/mol. The fourth-order valence-corrected chi connectivity index (χ4v) is 1.03. The van der Waals surface area contributed by atoms with E-state index < -0.39 is 0 Å². The summed E-state index contributed by atoms with van der Waals surface area (Å²) in [5, 5.41) is 11.4. The molecule has 0 atom stereocenters. The minimum absolute atomic E-state index is 0.0775. The zero-order valence-electron chi connectivity index (χ0n) is 8.40. The molecule has 76 valence electrons. The van der Waals surface area contributed by atoms with Gasteiger partial charge in [0.15, 0.2) is 0 Å². The largest absolute Gasteiger partial charge is 0.353 e. The van der Waals surface area contributed by atoms with E-state index in [1.165, 1.54) is 6.92 Å². The Morgan fingerprint density at radius 1 is 1.73 bits per heavy atom. The van der Waals surface area contributed by atoms with Gasteiger partial charge >= 0.3 is 0 Å². The summed E-state index contributed by atoms with van der Waals surface area (Å²) in [4.78, 5) is 14.5. The Balaban J connectivity index is 2.64. The maximum Gasteiger partial charge on any atom is 0.217 e. The van der Waals surface area contributed by atoms with Crippen LogP contribution < -0.4 is 5.32 Å². The Bertz CT molecular complexity index is 418. The zero-order chi connectivity index (χ0) is 11.1. The maximum atomic E-state index is 10.6. The molecule has 15 heavy (non-hydrogen) atoms. The van der Waals surface area contributed by atoms with E-state index in [1.807, 2.05) is 6.07 Å². The molecule has 4 heteroatoms. The van der Waals surface area contributed by atoms with Gasteiger partial charge in [-0.05, 0) is 6.07 Å². The molecule has 1 heterocycles. The van der Waals surface area contributed by atoms with Crippen molar-refractivity contribution in [2.75, 3.05) is 6.54 Å². The summed E-state index contributed by atoms with van der Waals surface area (Å²) in [5.74, 6) is -0.0775. The average molecular weight is 201 g/mol. The molecule has 0 spiro atoms. The molecule has 0 bridgehead atoms. The lowest BCUT2D eigenvalue weighted by Gasteiger charge is -1.96. The van der Waals surface area contributed by atoms with Gasteiger partial charge in [0.2, 0.25) is 5.91 Å².